The number of carbonyl (C=O) groups excluding carboxylic acids is 2. The quantitative estimate of drug-likeness (QED) is 0.665. The lowest BCUT2D eigenvalue weighted by Gasteiger charge is -2.34. The summed E-state index contributed by atoms with van der Waals surface area (Å²) >= 11 is 6.03. The molecule has 0 bridgehead atoms. The predicted molar refractivity (Wildman–Crippen MR) is 111 cm³/mol. The number of aromatic nitrogens is 2. The molecule has 2 heterocycles. The molecule has 7 nitrogen and oxygen atoms in total. The van der Waals surface area contributed by atoms with Gasteiger partial charge in [-0.05, 0) is 49.4 Å². The van der Waals surface area contributed by atoms with Crippen molar-refractivity contribution in [3.8, 4) is 5.75 Å². The highest BCUT2D eigenvalue weighted by Crippen LogP contribution is 2.29. The summed E-state index contributed by atoms with van der Waals surface area (Å²) in [5, 5.41) is 4.60. The van der Waals surface area contributed by atoms with Crippen molar-refractivity contribution in [3.63, 3.8) is 0 Å². The van der Waals surface area contributed by atoms with Crippen molar-refractivity contribution in [1.29, 1.82) is 0 Å². The maximum atomic E-state index is 12.9. The molecule has 0 saturated carbocycles. The Morgan fingerprint density at radius 1 is 1.21 bits per heavy atom. The van der Waals surface area contributed by atoms with Crippen molar-refractivity contribution >= 4 is 34.7 Å². The van der Waals surface area contributed by atoms with Gasteiger partial charge < -0.3 is 15.4 Å². The number of nitrogen functional groups attached to an aromatic ring is 1. The number of fused-ring (bicyclic) bond motifs is 1. The molecule has 3 aromatic rings. The van der Waals surface area contributed by atoms with E-state index < -0.39 is 0 Å². The SMILES string of the molecule is COc1cc(C(=O)c2ccc(N3C(=O)c4c(N)cnn4C[C@@H]3C)cc2)ccc1Cl. The fourth-order valence-corrected chi connectivity index (χ4v) is 3.73. The van der Waals surface area contributed by atoms with E-state index in [1.165, 1.54) is 13.3 Å². The second-order valence-electron chi connectivity index (χ2n) is 6.88. The maximum absolute atomic E-state index is 12.9. The second kappa shape index (κ2) is 7.25. The fraction of sp³-hybridized carbons (Fsp3) is 0.190. The molecular weight excluding hydrogens is 392 g/mol. The largest absolute Gasteiger partial charge is 0.495 e. The third-order valence-corrected chi connectivity index (χ3v) is 5.30. The third-order valence-electron chi connectivity index (χ3n) is 4.99. The van der Waals surface area contributed by atoms with Crippen LogP contribution in [0, 0.1) is 0 Å². The first kappa shape index (κ1) is 19.0. The first-order chi connectivity index (χ1) is 13.9. The Kier molecular flexibility index (Phi) is 4.76. The summed E-state index contributed by atoms with van der Waals surface area (Å²) in [5.41, 5.74) is 8.31. The van der Waals surface area contributed by atoms with E-state index in [0.717, 1.165) is 0 Å². The Labute approximate surface area is 172 Å². The van der Waals surface area contributed by atoms with Gasteiger partial charge >= 0.3 is 0 Å². The first-order valence-corrected chi connectivity index (χ1v) is 9.41. The summed E-state index contributed by atoms with van der Waals surface area (Å²) in [7, 11) is 1.50. The minimum Gasteiger partial charge on any atom is -0.495 e. The molecule has 0 aliphatic carbocycles. The lowest BCUT2D eigenvalue weighted by atomic mass is 10.0. The lowest BCUT2D eigenvalue weighted by Crippen LogP contribution is -2.47. The van der Waals surface area contributed by atoms with E-state index in [-0.39, 0.29) is 17.7 Å². The molecule has 0 unspecified atom stereocenters. The molecule has 2 N–H and O–H groups in total. The molecule has 1 aromatic heterocycles. The molecule has 1 aliphatic heterocycles. The number of amides is 1. The Bertz CT molecular complexity index is 1110. The van der Waals surface area contributed by atoms with Gasteiger partial charge in [-0.3, -0.25) is 14.3 Å². The molecule has 0 radical (unpaired) electrons. The van der Waals surface area contributed by atoms with E-state index in [1.54, 1.807) is 52.0 Å². The Morgan fingerprint density at radius 2 is 1.90 bits per heavy atom. The van der Waals surface area contributed by atoms with Crippen molar-refractivity contribution in [2.45, 2.75) is 19.5 Å². The van der Waals surface area contributed by atoms with Gasteiger partial charge in [0, 0.05) is 16.8 Å². The number of halogens is 1. The molecule has 8 heteroatoms. The van der Waals surface area contributed by atoms with Crippen LogP contribution in [0.1, 0.15) is 33.3 Å². The van der Waals surface area contributed by atoms with Crippen LogP contribution in [0.25, 0.3) is 0 Å². The summed E-state index contributed by atoms with van der Waals surface area (Å²) in [4.78, 5) is 27.4. The van der Waals surface area contributed by atoms with Gasteiger partial charge in [-0.15, -0.1) is 0 Å². The molecule has 2 aromatic carbocycles. The van der Waals surface area contributed by atoms with Gasteiger partial charge in [-0.2, -0.15) is 5.10 Å². The molecule has 0 spiro atoms. The predicted octanol–water partition coefficient (Wildman–Crippen LogP) is 3.41. The van der Waals surface area contributed by atoms with Crippen LogP contribution in [0.5, 0.6) is 5.75 Å². The van der Waals surface area contributed by atoms with Crippen LogP contribution in [0.4, 0.5) is 11.4 Å². The number of ketones is 1. The van der Waals surface area contributed by atoms with Gasteiger partial charge in [-0.1, -0.05) is 11.6 Å². The van der Waals surface area contributed by atoms with E-state index in [4.69, 9.17) is 22.1 Å². The number of ether oxygens (including phenoxy) is 1. The van der Waals surface area contributed by atoms with Crippen LogP contribution >= 0.6 is 11.6 Å². The highest BCUT2D eigenvalue weighted by molar-refractivity contribution is 6.32. The van der Waals surface area contributed by atoms with Crippen LogP contribution in [-0.4, -0.2) is 34.6 Å². The topological polar surface area (TPSA) is 90.4 Å². The normalized spacial score (nSPS) is 15.9. The van der Waals surface area contributed by atoms with Gasteiger partial charge in [-0.25, -0.2) is 0 Å². The van der Waals surface area contributed by atoms with E-state index in [1.807, 2.05) is 6.92 Å². The minimum atomic E-state index is -0.208. The number of nitrogens with two attached hydrogens (primary N) is 1. The summed E-state index contributed by atoms with van der Waals surface area (Å²) < 4.78 is 6.81. The number of nitrogens with zero attached hydrogens (tertiary/aromatic N) is 3. The number of methoxy groups -OCH3 is 1. The van der Waals surface area contributed by atoms with Crippen LogP contribution < -0.4 is 15.4 Å². The fourth-order valence-electron chi connectivity index (χ4n) is 3.53. The zero-order valence-electron chi connectivity index (χ0n) is 15.9. The molecule has 29 heavy (non-hydrogen) atoms. The number of hydrogen-bond acceptors (Lipinski definition) is 5. The average Bonchev–Trinajstić information content (AvgIpc) is 3.09. The molecule has 1 amide bonds. The van der Waals surface area contributed by atoms with Gasteiger partial charge in [0.1, 0.15) is 11.4 Å². The van der Waals surface area contributed by atoms with E-state index in [0.29, 0.717) is 45.5 Å². The number of anilines is 2. The van der Waals surface area contributed by atoms with Crippen molar-refractivity contribution in [1.82, 2.24) is 9.78 Å². The van der Waals surface area contributed by atoms with Crippen LogP contribution in [-0.2, 0) is 6.54 Å². The molecule has 0 saturated heterocycles. The smallest absolute Gasteiger partial charge is 0.279 e. The Hall–Kier alpha value is -3.32. The molecule has 0 fully saturated rings. The van der Waals surface area contributed by atoms with Gasteiger partial charge in [0.2, 0.25) is 0 Å². The summed E-state index contributed by atoms with van der Waals surface area (Å²) in [6, 6.07) is 11.7. The standard InChI is InChI=1S/C21H19ClN4O3/c1-12-11-25-19(17(23)10-24-25)21(28)26(12)15-6-3-13(4-7-15)20(27)14-5-8-16(22)18(9-14)29-2/h3-10,12H,11,23H2,1-2H3/t12-/m0/s1. The number of carbonyl (C=O) groups is 2. The second-order valence-corrected chi connectivity index (χ2v) is 7.29. The summed E-state index contributed by atoms with van der Waals surface area (Å²) in [5.74, 6) is 0.0724. The average molecular weight is 411 g/mol. The van der Waals surface area contributed by atoms with Gasteiger partial charge in [0.15, 0.2) is 5.78 Å². The van der Waals surface area contributed by atoms with E-state index >= 15 is 0 Å². The van der Waals surface area contributed by atoms with Crippen molar-refractivity contribution in [3.05, 3.63) is 70.5 Å². The van der Waals surface area contributed by atoms with Crippen molar-refractivity contribution < 1.29 is 14.3 Å². The summed E-state index contributed by atoms with van der Waals surface area (Å²) in [6.45, 7) is 2.49. The number of hydrogen-bond donors (Lipinski definition) is 1. The van der Waals surface area contributed by atoms with E-state index in [9.17, 15) is 9.59 Å². The molecule has 4 rings (SSSR count). The third kappa shape index (κ3) is 3.23. The molecule has 1 atom stereocenters. The summed E-state index contributed by atoms with van der Waals surface area (Å²) in [6.07, 6.45) is 1.49. The van der Waals surface area contributed by atoms with Gasteiger partial charge in [0.05, 0.1) is 36.6 Å². The number of rotatable bonds is 4. The molecule has 1 aliphatic rings. The zero-order valence-corrected chi connectivity index (χ0v) is 16.7. The zero-order chi connectivity index (χ0) is 20.7. The van der Waals surface area contributed by atoms with Crippen LogP contribution in [0.2, 0.25) is 5.02 Å². The lowest BCUT2D eigenvalue weighted by molar-refractivity contribution is 0.0947. The van der Waals surface area contributed by atoms with Crippen LogP contribution in [0.3, 0.4) is 0 Å². The highest BCUT2D eigenvalue weighted by Gasteiger charge is 2.33. The first-order valence-electron chi connectivity index (χ1n) is 9.04. The van der Waals surface area contributed by atoms with Gasteiger partial charge in [0.25, 0.3) is 5.91 Å². The highest BCUT2D eigenvalue weighted by atomic mass is 35.5. The Balaban J connectivity index is 1.62. The van der Waals surface area contributed by atoms with Crippen molar-refractivity contribution in [2.24, 2.45) is 0 Å². The number of benzene rings is 2. The van der Waals surface area contributed by atoms with Crippen LogP contribution in [0.15, 0.2) is 48.7 Å². The molecule has 148 valence electrons. The van der Waals surface area contributed by atoms with Crippen molar-refractivity contribution in [2.75, 3.05) is 17.7 Å². The Morgan fingerprint density at radius 3 is 2.59 bits per heavy atom. The van der Waals surface area contributed by atoms with E-state index in [2.05, 4.69) is 5.10 Å². The monoisotopic (exact) mass is 410 g/mol. The minimum absolute atomic E-state index is 0.101. The maximum Gasteiger partial charge on any atom is 0.279 e. The molecular formula is C21H19ClN4O3.